The molecule has 0 spiro atoms. The standard InChI is InChI=1S/C22H21NO4/c1-27-20(16-9-3-2-4-10-16)21(24)23-19(22(25)26)14-17-12-7-11-15-8-5-6-13-18(15)17/h2-13,19-20H,14H2,1H3,(H,23,24)(H,25,26)/t19-,20-/m1/s1. The van der Waals surface area contributed by atoms with E-state index in [-0.39, 0.29) is 6.42 Å². The molecule has 0 saturated heterocycles. The molecule has 2 atom stereocenters. The van der Waals surface area contributed by atoms with Crippen molar-refractivity contribution in [2.24, 2.45) is 0 Å². The van der Waals surface area contributed by atoms with Crippen LogP contribution in [0.25, 0.3) is 10.8 Å². The van der Waals surface area contributed by atoms with Crippen molar-refractivity contribution in [2.75, 3.05) is 7.11 Å². The van der Waals surface area contributed by atoms with E-state index in [0.29, 0.717) is 5.56 Å². The Morgan fingerprint density at radius 2 is 1.63 bits per heavy atom. The van der Waals surface area contributed by atoms with Crippen LogP contribution >= 0.6 is 0 Å². The van der Waals surface area contributed by atoms with Crippen LogP contribution in [0.15, 0.2) is 72.8 Å². The average molecular weight is 363 g/mol. The molecular weight excluding hydrogens is 342 g/mol. The van der Waals surface area contributed by atoms with Gasteiger partial charge < -0.3 is 15.2 Å². The number of carboxylic acid groups (broad SMARTS) is 1. The van der Waals surface area contributed by atoms with Gasteiger partial charge in [0.2, 0.25) is 0 Å². The first-order valence-corrected chi connectivity index (χ1v) is 8.67. The zero-order chi connectivity index (χ0) is 19.2. The van der Waals surface area contributed by atoms with Crippen molar-refractivity contribution >= 4 is 22.6 Å². The van der Waals surface area contributed by atoms with E-state index in [1.54, 1.807) is 24.3 Å². The molecular formula is C22H21NO4. The summed E-state index contributed by atoms with van der Waals surface area (Å²) < 4.78 is 5.29. The zero-order valence-corrected chi connectivity index (χ0v) is 15.0. The van der Waals surface area contributed by atoms with Gasteiger partial charge in [0, 0.05) is 13.5 Å². The van der Waals surface area contributed by atoms with Crippen LogP contribution in [-0.2, 0) is 20.7 Å². The zero-order valence-electron chi connectivity index (χ0n) is 15.0. The molecule has 0 aromatic heterocycles. The monoisotopic (exact) mass is 363 g/mol. The van der Waals surface area contributed by atoms with Crippen LogP contribution in [0.3, 0.4) is 0 Å². The Kier molecular flexibility index (Phi) is 5.84. The Balaban J connectivity index is 1.81. The van der Waals surface area contributed by atoms with Crippen LogP contribution in [0.5, 0.6) is 0 Å². The summed E-state index contributed by atoms with van der Waals surface area (Å²) in [4.78, 5) is 24.4. The van der Waals surface area contributed by atoms with E-state index in [0.717, 1.165) is 16.3 Å². The molecule has 3 aromatic rings. The average Bonchev–Trinajstić information content (AvgIpc) is 2.69. The van der Waals surface area contributed by atoms with Crippen molar-refractivity contribution in [1.82, 2.24) is 5.32 Å². The molecule has 0 unspecified atom stereocenters. The fourth-order valence-corrected chi connectivity index (χ4v) is 3.16. The molecule has 5 nitrogen and oxygen atoms in total. The van der Waals surface area contributed by atoms with Crippen LogP contribution in [0.4, 0.5) is 0 Å². The van der Waals surface area contributed by atoms with Crippen LogP contribution in [0.1, 0.15) is 17.2 Å². The van der Waals surface area contributed by atoms with E-state index in [1.807, 2.05) is 48.5 Å². The Morgan fingerprint density at radius 3 is 2.33 bits per heavy atom. The lowest BCUT2D eigenvalue weighted by Gasteiger charge is -2.20. The first kappa shape index (κ1) is 18.6. The van der Waals surface area contributed by atoms with Crippen molar-refractivity contribution < 1.29 is 19.4 Å². The number of carboxylic acids is 1. The van der Waals surface area contributed by atoms with Gasteiger partial charge >= 0.3 is 5.97 Å². The third-order valence-corrected chi connectivity index (χ3v) is 4.49. The van der Waals surface area contributed by atoms with Crippen molar-refractivity contribution in [3.05, 3.63) is 83.9 Å². The number of hydrogen-bond donors (Lipinski definition) is 2. The number of carbonyl (C=O) groups excluding carboxylic acids is 1. The van der Waals surface area contributed by atoms with Crippen molar-refractivity contribution in [1.29, 1.82) is 0 Å². The second kappa shape index (κ2) is 8.47. The van der Waals surface area contributed by atoms with E-state index in [1.165, 1.54) is 7.11 Å². The maximum atomic E-state index is 12.6. The highest BCUT2D eigenvalue weighted by atomic mass is 16.5. The molecule has 0 aliphatic rings. The van der Waals surface area contributed by atoms with Crippen molar-refractivity contribution in [3.8, 4) is 0 Å². The van der Waals surface area contributed by atoms with Crippen molar-refractivity contribution in [3.63, 3.8) is 0 Å². The largest absolute Gasteiger partial charge is 0.480 e. The van der Waals surface area contributed by atoms with E-state index < -0.39 is 24.0 Å². The second-order valence-corrected chi connectivity index (χ2v) is 6.27. The topological polar surface area (TPSA) is 75.6 Å². The number of nitrogens with one attached hydrogen (secondary N) is 1. The molecule has 0 fully saturated rings. The molecule has 2 N–H and O–H groups in total. The van der Waals surface area contributed by atoms with E-state index >= 15 is 0 Å². The first-order chi connectivity index (χ1) is 13.1. The van der Waals surface area contributed by atoms with Gasteiger partial charge in [0.25, 0.3) is 5.91 Å². The highest BCUT2D eigenvalue weighted by Crippen LogP contribution is 2.21. The second-order valence-electron chi connectivity index (χ2n) is 6.27. The molecule has 138 valence electrons. The summed E-state index contributed by atoms with van der Waals surface area (Å²) in [5, 5.41) is 14.3. The van der Waals surface area contributed by atoms with Crippen LogP contribution < -0.4 is 5.32 Å². The van der Waals surface area contributed by atoms with E-state index in [9.17, 15) is 14.7 Å². The molecule has 0 heterocycles. The molecule has 0 aliphatic heterocycles. The predicted molar refractivity (Wildman–Crippen MR) is 103 cm³/mol. The minimum atomic E-state index is -1.08. The highest BCUT2D eigenvalue weighted by molar-refractivity contribution is 5.89. The van der Waals surface area contributed by atoms with E-state index in [4.69, 9.17) is 4.74 Å². The minimum Gasteiger partial charge on any atom is -0.480 e. The van der Waals surface area contributed by atoms with Gasteiger partial charge in [0.15, 0.2) is 6.10 Å². The maximum Gasteiger partial charge on any atom is 0.326 e. The predicted octanol–water partition coefficient (Wildman–Crippen LogP) is 3.34. The molecule has 0 bridgehead atoms. The number of amides is 1. The van der Waals surface area contributed by atoms with Gasteiger partial charge in [-0.15, -0.1) is 0 Å². The molecule has 0 aliphatic carbocycles. The lowest BCUT2D eigenvalue weighted by molar-refractivity contribution is -0.144. The van der Waals surface area contributed by atoms with Gasteiger partial charge in [-0.1, -0.05) is 72.8 Å². The third kappa shape index (κ3) is 4.33. The van der Waals surface area contributed by atoms with Gasteiger partial charge in [-0.05, 0) is 21.9 Å². The highest BCUT2D eigenvalue weighted by Gasteiger charge is 2.26. The van der Waals surface area contributed by atoms with E-state index in [2.05, 4.69) is 5.32 Å². The number of benzene rings is 3. The molecule has 3 aromatic carbocycles. The summed E-state index contributed by atoms with van der Waals surface area (Å²) >= 11 is 0. The Bertz CT molecular complexity index is 934. The molecule has 0 radical (unpaired) electrons. The van der Waals surface area contributed by atoms with Crippen LogP contribution in [0, 0.1) is 0 Å². The minimum absolute atomic E-state index is 0.188. The Morgan fingerprint density at radius 1 is 0.963 bits per heavy atom. The number of ether oxygens (including phenoxy) is 1. The lowest BCUT2D eigenvalue weighted by Crippen LogP contribution is -2.44. The maximum absolute atomic E-state index is 12.6. The van der Waals surface area contributed by atoms with Gasteiger partial charge in [0.05, 0.1) is 0 Å². The molecule has 27 heavy (non-hydrogen) atoms. The summed E-state index contributed by atoms with van der Waals surface area (Å²) in [6.45, 7) is 0. The van der Waals surface area contributed by atoms with Crippen LogP contribution in [0.2, 0.25) is 0 Å². The number of carbonyl (C=O) groups is 2. The van der Waals surface area contributed by atoms with Gasteiger partial charge in [-0.2, -0.15) is 0 Å². The summed E-state index contributed by atoms with van der Waals surface area (Å²) in [6, 6.07) is 21.5. The summed E-state index contributed by atoms with van der Waals surface area (Å²) in [7, 11) is 1.43. The molecule has 1 amide bonds. The third-order valence-electron chi connectivity index (χ3n) is 4.49. The lowest BCUT2D eigenvalue weighted by atomic mass is 9.98. The summed E-state index contributed by atoms with van der Waals surface area (Å²) in [6.07, 6.45) is -0.672. The quantitative estimate of drug-likeness (QED) is 0.675. The molecule has 3 rings (SSSR count). The Labute approximate surface area is 157 Å². The smallest absolute Gasteiger partial charge is 0.326 e. The van der Waals surface area contributed by atoms with Gasteiger partial charge in [-0.3, -0.25) is 4.79 Å². The first-order valence-electron chi connectivity index (χ1n) is 8.67. The van der Waals surface area contributed by atoms with Gasteiger partial charge in [-0.25, -0.2) is 4.79 Å². The summed E-state index contributed by atoms with van der Waals surface area (Å²) in [5.41, 5.74) is 1.54. The van der Waals surface area contributed by atoms with Crippen molar-refractivity contribution in [2.45, 2.75) is 18.6 Å². The number of fused-ring (bicyclic) bond motifs is 1. The molecule has 0 saturated carbocycles. The number of hydrogen-bond acceptors (Lipinski definition) is 3. The number of rotatable bonds is 7. The number of methoxy groups -OCH3 is 1. The SMILES string of the molecule is CO[C@@H](C(=O)N[C@H](Cc1cccc2ccccc12)C(=O)O)c1ccccc1. The van der Waals surface area contributed by atoms with Crippen LogP contribution in [-0.4, -0.2) is 30.1 Å². The fourth-order valence-electron chi connectivity index (χ4n) is 3.16. The summed E-state index contributed by atoms with van der Waals surface area (Å²) in [5.74, 6) is -1.56. The molecule has 5 heteroatoms. The van der Waals surface area contributed by atoms with Gasteiger partial charge in [0.1, 0.15) is 6.04 Å². The normalized spacial score (nSPS) is 13.1. The Hall–Kier alpha value is -3.18. The number of aliphatic carboxylic acids is 1. The fraction of sp³-hybridized carbons (Fsp3) is 0.182.